The quantitative estimate of drug-likeness (QED) is 0.307. The van der Waals surface area contributed by atoms with Crippen molar-refractivity contribution in [2.24, 2.45) is 0 Å². The third-order valence-corrected chi connectivity index (χ3v) is 6.10. The van der Waals surface area contributed by atoms with Gasteiger partial charge in [-0.3, -0.25) is 4.72 Å². The van der Waals surface area contributed by atoms with Crippen LogP contribution in [0.2, 0.25) is 0 Å². The zero-order valence-corrected chi connectivity index (χ0v) is 19.6. The normalized spacial score (nSPS) is 12.9. The lowest BCUT2D eigenvalue weighted by atomic mass is 10.1. The number of nitrogens with one attached hydrogen (secondary N) is 1. The highest BCUT2D eigenvalue weighted by molar-refractivity contribution is 7.90. The van der Waals surface area contributed by atoms with Gasteiger partial charge in [0.2, 0.25) is 0 Å². The maximum atomic E-state index is 12.8. The summed E-state index contributed by atoms with van der Waals surface area (Å²) in [5.41, 5.74) is 1.11. The third-order valence-electron chi connectivity index (χ3n) is 4.55. The van der Waals surface area contributed by atoms with Gasteiger partial charge in [-0.1, -0.05) is 44.1 Å². The number of aliphatic carboxylic acids is 1. The van der Waals surface area contributed by atoms with Crippen LogP contribution in [0.25, 0.3) is 0 Å². The Morgan fingerprint density at radius 1 is 1.23 bits per heavy atom. The largest absolute Gasteiger partial charge is 0.550 e. The number of carbonyl (C=O) groups excluding carboxylic acids is 1. The Balaban J connectivity index is 2.88. The molecule has 0 heterocycles. The number of benzene rings is 1. The van der Waals surface area contributed by atoms with Crippen molar-refractivity contribution < 1.29 is 22.8 Å². The standard InChI is InChI=1S/C22H35N3O4S/c1-6-7-8-9-10-11-13-19-14-12-15-20(16-19)23-30(28,29)24(2)21(17-22(26)27)18-25(3,4)5/h12,14-16,21,23H,6-10,17-18H2,1-5H3/t21-/m1/s1. The SMILES string of the molecule is CCCCCCC#Cc1cccc(NS(=O)(=O)N(C)[C@H](CC(=O)[O-])C[N+](C)(C)C)c1. The molecule has 30 heavy (non-hydrogen) atoms. The van der Waals surface area contributed by atoms with Gasteiger partial charge >= 0.3 is 10.2 Å². The number of unbranched alkanes of at least 4 members (excludes halogenated alkanes) is 4. The van der Waals surface area contributed by atoms with E-state index in [1.54, 1.807) is 18.2 Å². The van der Waals surface area contributed by atoms with Crippen LogP contribution >= 0.6 is 0 Å². The molecule has 0 aliphatic rings. The van der Waals surface area contributed by atoms with Crippen molar-refractivity contribution in [2.75, 3.05) is 39.5 Å². The summed E-state index contributed by atoms with van der Waals surface area (Å²) in [6, 6.07) is 6.16. The highest BCUT2D eigenvalue weighted by Gasteiger charge is 2.30. The van der Waals surface area contributed by atoms with Gasteiger partial charge in [0.1, 0.15) is 0 Å². The van der Waals surface area contributed by atoms with Crippen LogP contribution in [-0.4, -0.2) is 64.0 Å². The number of quaternary nitrogens is 1. The number of carbonyl (C=O) groups is 1. The first-order valence-electron chi connectivity index (χ1n) is 10.3. The zero-order chi connectivity index (χ0) is 22.8. The zero-order valence-electron chi connectivity index (χ0n) is 18.8. The average Bonchev–Trinajstić information content (AvgIpc) is 2.62. The number of anilines is 1. The number of carboxylic acid groups (broad SMARTS) is 1. The lowest BCUT2D eigenvalue weighted by Gasteiger charge is -2.34. The van der Waals surface area contributed by atoms with Gasteiger partial charge in [-0.2, -0.15) is 12.7 Å². The minimum atomic E-state index is -3.95. The minimum absolute atomic E-state index is 0.328. The van der Waals surface area contributed by atoms with E-state index in [0.717, 1.165) is 29.1 Å². The number of rotatable bonds is 12. The second kappa shape index (κ2) is 11.9. The Morgan fingerprint density at radius 3 is 2.53 bits per heavy atom. The number of hydrogen-bond acceptors (Lipinski definition) is 4. The van der Waals surface area contributed by atoms with Gasteiger partial charge in [-0.05, 0) is 24.6 Å². The summed E-state index contributed by atoms with van der Waals surface area (Å²) >= 11 is 0. The van der Waals surface area contributed by atoms with Crippen molar-refractivity contribution in [3.8, 4) is 11.8 Å². The maximum absolute atomic E-state index is 12.8. The fourth-order valence-corrected chi connectivity index (χ4v) is 4.12. The molecule has 8 heteroatoms. The van der Waals surface area contributed by atoms with E-state index in [0.29, 0.717) is 16.7 Å². The topological polar surface area (TPSA) is 89.5 Å². The molecule has 1 atom stereocenters. The highest BCUT2D eigenvalue weighted by atomic mass is 32.2. The summed E-state index contributed by atoms with van der Waals surface area (Å²) in [4.78, 5) is 11.1. The molecule has 0 aliphatic heterocycles. The molecule has 0 saturated heterocycles. The number of carboxylic acids is 1. The Hall–Kier alpha value is -2.08. The van der Waals surface area contributed by atoms with E-state index >= 15 is 0 Å². The van der Waals surface area contributed by atoms with Gasteiger partial charge in [0.25, 0.3) is 0 Å². The van der Waals surface area contributed by atoms with Gasteiger partial charge < -0.3 is 14.4 Å². The summed E-state index contributed by atoms with van der Waals surface area (Å²) in [5.74, 6) is 4.91. The first-order chi connectivity index (χ1) is 13.9. The van der Waals surface area contributed by atoms with Crippen molar-refractivity contribution in [1.82, 2.24) is 4.31 Å². The van der Waals surface area contributed by atoms with Gasteiger partial charge in [0.15, 0.2) is 0 Å². The molecule has 1 aromatic rings. The van der Waals surface area contributed by atoms with E-state index in [-0.39, 0.29) is 6.42 Å². The molecule has 0 bridgehead atoms. The van der Waals surface area contributed by atoms with Crippen LogP contribution < -0.4 is 9.83 Å². The molecule has 1 aromatic carbocycles. The van der Waals surface area contributed by atoms with Crippen LogP contribution in [0.5, 0.6) is 0 Å². The molecule has 0 saturated carbocycles. The summed E-state index contributed by atoms with van der Waals surface area (Å²) in [6.45, 7) is 2.49. The third kappa shape index (κ3) is 10.1. The van der Waals surface area contributed by atoms with Gasteiger partial charge in [-0.25, -0.2) is 0 Å². The fourth-order valence-electron chi connectivity index (χ4n) is 3.02. The Morgan fingerprint density at radius 2 is 1.93 bits per heavy atom. The molecule has 0 amide bonds. The molecular formula is C22H35N3O4S. The predicted molar refractivity (Wildman–Crippen MR) is 119 cm³/mol. The fraction of sp³-hybridized carbons (Fsp3) is 0.591. The summed E-state index contributed by atoms with van der Waals surface area (Å²) < 4.78 is 29.7. The maximum Gasteiger partial charge on any atom is 0.301 e. The number of nitrogens with zero attached hydrogens (tertiary/aromatic N) is 2. The highest BCUT2D eigenvalue weighted by Crippen LogP contribution is 2.17. The number of hydrogen-bond donors (Lipinski definition) is 1. The monoisotopic (exact) mass is 437 g/mol. The van der Waals surface area contributed by atoms with Crippen LogP contribution in [0, 0.1) is 11.8 Å². The van der Waals surface area contributed by atoms with E-state index in [1.165, 1.54) is 19.9 Å². The second-order valence-corrected chi connectivity index (χ2v) is 10.2. The van der Waals surface area contributed by atoms with E-state index in [1.807, 2.05) is 27.2 Å². The predicted octanol–water partition coefficient (Wildman–Crippen LogP) is 1.81. The molecule has 0 radical (unpaired) electrons. The molecule has 0 spiro atoms. The molecular weight excluding hydrogens is 402 g/mol. The molecule has 1 rings (SSSR count). The van der Waals surface area contributed by atoms with Crippen LogP contribution in [0.15, 0.2) is 24.3 Å². The molecule has 0 fully saturated rings. The number of likely N-dealkylation sites (N-methyl/N-ethyl adjacent to an activating group) is 2. The van der Waals surface area contributed by atoms with Crippen molar-refractivity contribution in [3.63, 3.8) is 0 Å². The van der Waals surface area contributed by atoms with Crippen molar-refractivity contribution in [2.45, 2.75) is 51.5 Å². The molecule has 1 N–H and O–H groups in total. The van der Waals surface area contributed by atoms with Crippen molar-refractivity contribution in [1.29, 1.82) is 0 Å². The first kappa shape index (κ1) is 26.0. The Labute approximate surface area is 181 Å². The van der Waals surface area contributed by atoms with E-state index in [4.69, 9.17) is 0 Å². The lowest BCUT2D eigenvalue weighted by Crippen LogP contribution is -2.52. The average molecular weight is 438 g/mol. The molecule has 0 unspecified atom stereocenters. The Kier molecular flexibility index (Phi) is 10.3. The lowest BCUT2D eigenvalue weighted by molar-refractivity contribution is -0.872. The van der Waals surface area contributed by atoms with Crippen LogP contribution in [0.4, 0.5) is 5.69 Å². The van der Waals surface area contributed by atoms with Gasteiger partial charge in [-0.15, -0.1) is 0 Å². The summed E-state index contributed by atoms with van der Waals surface area (Å²) in [7, 11) is 3.06. The van der Waals surface area contributed by atoms with Crippen LogP contribution in [-0.2, 0) is 15.0 Å². The molecule has 0 aliphatic carbocycles. The van der Waals surface area contributed by atoms with E-state index in [9.17, 15) is 18.3 Å². The van der Waals surface area contributed by atoms with Gasteiger partial charge in [0, 0.05) is 31.4 Å². The van der Waals surface area contributed by atoms with Crippen molar-refractivity contribution >= 4 is 21.9 Å². The summed E-state index contributed by atoms with van der Waals surface area (Å²) in [5, 5.41) is 11.1. The first-order valence-corrected chi connectivity index (χ1v) is 11.7. The molecule has 0 aromatic heterocycles. The molecule has 7 nitrogen and oxygen atoms in total. The van der Waals surface area contributed by atoms with E-state index in [2.05, 4.69) is 23.5 Å². The second-order valence-electron chi connectivity index (χ2n) is 8.52. The van der Waals surface area contributed by atoms with Crippen molar-refractivity contribution in [3.05, 3.63) is 29.8 Å². The van der Waals surface area contributed by atoms with E-state index < -0.39 is 22.2 Å². The summed E-state index contributed by atoms with van der Waals surface area (Å²) in [6.07, 6.45) is 5.05. The smallest absolute Gasteiger partial charge is 0.301 e. The van der Waals surface area contributed by atoms with Crippen LogP contribution in [0.3, 0.4) is 0 Å². The van der Waals surface area contributed by atoms with Crippen LogP contribution in [0.1, 0.15) is 51.0 Å². The minimum Gasteiger partial charge on any atom is -0.550 e. The van der Waals surface area contributed by atoms with Gasteiger partial charge in [0.05, 0.1) is 39.4 Å². The molecule has 168 valence electrons. The Bertz CT molecular complexity index is 851.